The minimum atomic E-state index is -3.75. The monoisotopic (exact) mass is 405 g/mol. The van der Waals surface area contributed by atoms with E-state index in [1.165, 1.54) is 31.7 Å². The molecular formula is C21H27NO5S. The van der Waals surface area contributed by atoms with Gasteiger partial charge in [-0.05, 0) is 49.1 Å². The molecule has 2 rings (SSSR count). The summed E-state index contributed by atoms with van der Waals surface area (Å²) >= 11 is 0. The average Bonchev–Trinajstić information content (AvgIpc) is 2.73. The molecule has 0 heterocycles. The molecule has 0 aliphatic heterocycles. The summed E-state index contributed by atoms with van der Waals surface area (Å²) in [6, 6.07) is 16.1. The van der Waals surface area contributed by atoms with Crippen LogP contribution in [0.1, 0.15) is 31.7 Å². The molecule has 1 amide bonds. The van der Waals surface area contributed by atoms with Gasteiger partial charge in [0.25, 0.3) is 0 Å². The molecule has 6 nitrogen and oxygen atoms in total. The first kappa shape index (κ1) is 21.9. The third-order valence-electron chi connectivity index (χ3n) is 4.91. The van der Waals surface area contributed by atoms with E-state index >= 15 is 0 Å². The molecule has 2 aromatic rings. The summed E-state index contributed by atoms with van der Waals surface area (Å²) < 4.78 is 31.4. The Bertz CT molecular complexity index is 850. The number of hydroxylamine groups is 1. The van der Waals surface area contributed by atoms with Crippen LogP contribution in [0, 0.1) is 5.92 Å². The standard InChI is InChI=1S/C21H27NO5S/c1-16(21(23)22-24)20(11-7-6-10-17-8-4-3-5-9-17)28(25,26)19-14-12-18(27-2)13-15-19/h3-5,8-9,12-16,20,24H,6-7,10-11H2,1-2H3,(H,22,23)/t16-,20-/m1/s1. The van der Waals surface area contributed by atoms with Crippen molar-refractivity contribution in [2.45, 2.75) is 42.8 Å². The number of amides is 1. The van der Waals surface area contributed by atoms with Crippen molar-refractivity contribution in [3.63, 3.8) is 0 Å². The molecule has 7 heteroatoms. The predicted molar refractivity (Wildman–Crippen MR) is 107 cm³/mol. The summed E-state index contributed by atoms with van der Waals surface area (Å²) in [4.78, 5) is 12.1. The van der Waals surface area contributed by atoms with E-state index in [4.69, 9.17) is 9.94 Å². The average molecular weight is 406 g/mol. The maximum absolute atomic E-state index is 13.2. The van der Waals surface area contributed by atoms with Gasteiger partial charge in [-0.2, -0.15) is 0 Å². The Morgan fingerprint density at radius 1 is 1.07 bits per heavy atom. The number of hydrogen-bond acceptors (Lipinski definition) is 5. The van der Waals surface area contributed by atoms with E-state index in [1.54, 1.807) is 17.6 Å². The molecule has 0 aliphatic rings. The van der Waals surface area contributed by atoms with Gasteiger partial charge in [0.1, 0.15) is 5.75 Å². The molecule has 2 atom stereocenters. The van der Waals surface area contributed by atoms with Crippen molar-refractivity contribution >= 4 is 15.7 Å². The highest BCUT2D eigenvalue weighted by Crippen LogP contribution is 2.28. The molecule has 0 fully saturated rings. The number of unbranched alkanes of at least 4 members (excludes halogenated alkanes) is 1. The zero-order valence-electron chi connectivity index (χ0n) is 16.2. The first-order valence-electron chi connectivity index (χ1n) is 9.26. The summed E-state index contributed by atoms with van der Waals surface area (Å²) in [7, 11) is -2.25. The van der Waals surface area contributed by atoms with Crippen LogP contribution in [0.3, 0.4) is 0 Å². The van der Waals surface area contributed by atoms with Crippen LogP contribution in [0.2, 0.25) is 0 Å². The van der Waals surface area contributed by atoms with Crippen molar-refractivity contribution in [2.75, 3.05) is 7.11 Å². The number of benzene rings is 2. The van der Waals surface area contributed by atoms with Gasteiger partial charge in [0.15, 0.2) is 9.84 Å². The van der Waals surface area contributed by atoms with Crippen LogP contribution in [-0.4, -0.2) is 31.9 Å². The largest absolute Gasteiger partial charge is 0.497 e. The Balaban J connectivity index is 2.14. The number of aryl methyl sites for hydroxylation is 1. The van der Waals surface area contributed by atoms with Gasteiger partial charge in [-0.15, -0.1) is 0 Å². The minimum absolute atomic E-state index is 0.138. The van der Waals surface area contributed by atoms with E-state index in [9.17, 15) is 13.2 Å². The summed E-state index contributed by atoms with van der Waals surface area (Å²) in [5.41, 5.74) is 2.77. The van der Waals surface area contributed by atoms with E-state index in [1.807, 2.05) is 30.3 Å². The second-order valence-electron chi connectivity index (χ2n) is 6.76. The van der Waals surface area contributed by atoms with Crippen molar-refractivity contribution in [3.05, 3.63) is 60.2 Å². The SMILES string of the molecule is COc1ccc(S(=O)(=O)[C@H](CCCCc2ccccc2)[C@@H](C)C(=O)NO)cc1. The Labute approximate surface area is 166 Å². The quantitative estimate of drug-likeness (QED) is 0.359. The summed E-state index contributed by atoms with van der Waals surface area (Å²) in [5.74, 6) is -1.03. The van der Waals surface area contributed by atoms with Gasteiger partial charge in [-0.1, -0.05) is 43.7 Å². The van der Waals surface area contributed by atoms with Crippen LogP contribution in [-0.2, 0) is 21.1 Å². The molecule has 0 saturated heterocycles. The molecule has 0 saturated carbocycles. The molecule has 2 N–H and O–H groups in total. The van der Waals surface area contributed by atoms with E-state index in [2.05, 4.69) is 0 Å². The molecule has 0 spiro atoms. The van der Waals surface area contributed by atoms with E-state index in [-0.39, 0.29) is 4.90 Å². The Morgan fingerprint density at radius 2 is 1.71 bits per heavy atom. The molecule has 0 aliphatic carbocycles. The Kier molecular flexibility index (Phi) is 8.02. The third-order valence-corrected chi connectivity index (χ3v) is 7.29. The van der Waals surface area contributed by atoms with Gasteiger partial charge in [0.2, 0.25) is 5.91 Å². The number of nitrogens with one attached hydrogen (secondary N) is 1. The molecule has 28 heavy (non-hydrogen) atoms. The normalized spacial score (nSPS) is 13.5. The number of rotatable bonds is 10. The smallest absolute Gasteiger partial charge is 0.247 e. The Morgan fingerprint density at radius 3 is 2.29 bits per heavy atom. The van der Waals surface area contributed by atoms with Crippen LogP contribution in [0.4, 0.5) is 0 Å². The fraction of sp³-hybridized carbons (Fsp3) is 0.381. The fourth-order valence-corrected chi connectivity index (χ4v) is 5.21. The topological polar surface area (TPSA) is 92.7 Å². The number of ether oxygens (including phenoxy) is 1. The predicted octanol–water partition coefficient (Wildman–Crippen LogP) is 3.39. The summed E-state index contributed by atoms with van der Waals surface area (Å²) in [6.45, 7) is 1.52. The highest BCUT2D eigenvalue weighted by Gasteiger charge is 2.35. The molecule has 0 radical (unpaired) electrons. The highest BCUT2D eigenvalue weighted by molar-refractivity contribution is 7.92. The van der Waals surface area contributed by atoms with E-state index in [0.717, 1.165) is 12.8 Å². The molecular weight excluding hydrogens is 378 g/mol. The van der Waals surface area contributed by atoms with Gasteiger partial charge in [0.05, 0.1) is 23.2 Å². The maximum Gasteiger partial charge on any atom is 0.247 e. The van der Waals surface area contributed by atoms with Crippen LogP contribution in [0.25, 0.3) is 0 Å². The van der Waals surface area contributed by atoms with E-state index < -0.39 is 26.9 Å². The lowest BCUT2D eigenvalue weighted by Gasteiger charge is -2.23. The Hall–Kier alpha value is -2.38. The number of hydrogen-bond donors (Lipinski definition) is 2. The number of carbonyl (C=O) groups excluding carboxylic acids is 1. The van der Waals surface area contributed by atoms with Crippen LogP contribution in [0.5, 0.6) is 5.75 Å². The summed E-state index contributed by atoms with van der Waals surface area (Å²) in [5, 5.41) is 8.04. The van der Waals surface area contributed by atoms with Crippen molar-refractivity contribution < 1.29 is 23.2 Å². The molecule has 0 aromatic heterocycles. The lowest BCUT2D eigenvalue weighted by atomic mass is 10.00. The zero-order valence-corrected chi connectivity index (χ0v) is 17.0. The molecule has 0 bridgehead atoms. The number of methoxy groups -OCH3 is 1. The van der Waals surface area contributed by atoms with Crippen molar-refractivity contribution in [3.8, 4) is 5.75 Å². The fourth-order valence-electron chi connectivity index (χ4n) is 3.20. The van der Waals surface area contributed by atoms with Gasteiger partial charge in [0, 0.05) is 0 Å². The van der Waals surface area contributed by atoms with Crippen LogP contribution in [0.15, 0.2) is 59.5 Å². The second kappa shape index (κ2) is 10.2. The van der Waals surface area contributed by atoms with Crippen molar-refractivity contribution in [1.82, 2.24) is 5.48 Å². The van der Waals surface area contributed by atoms with Gasteiger partial charge < -0.3 is 4.74 Å². The molecule has 2 aromatic carbocycles. The van der Waals surface area contributed by atoms with Gasteiger partial charge in [-0.25, -0.2) is 13.9 Å². The zero-order chi connectivity index (χ0) is 20.6. The third kappa shape index (κ3) is 5.56. The number of sulfone groups is 1. The molecule has 152 valence electrons. The lowest BCUT2D eigenvalue weighted by Crippen LogP contribution is -2.38. The second-order valence-corrected chi connectivity index (χ2v) is 8.92. The minimum Gasteiger partial charge on any atom is -0.497 e. The van der Waals surface area contributed by atoms with Crippen molar-refractivity contribution in [1.29, 1.82) is 0 Å². The maximum atomic E-state index is 13.2. The summed E-state index contributed by atoms with van der Waals surface area (Å²) in [6.07, 6.45) is 2.64. The first-order chi connectivity index (χ1) is 13.4. The lowest BCUT2D eigenvalue weighted by molar-refractivity contribution is -0.132. The molecule has 0 unspecified atom stereocenters. The first-order valence-corrected chi connectivity index (χ1v) is 10.8. The van der Waals surface area contributed by atoms with E-state index in [0.29, 0.717) is 18.6 Å². The van der Waals surface area contributed by atoms with Gasteiger partial charge in [-0.3, -0.25) is 10.0 Å². The van der Waals surface area contributed by atoms with Crippen molar-refractivity contribution in [2.24, 2.45) is 5.92 Å². The van der Waals surface area contributed by atoms with Gasteiger partial charge >= 0.3 is 0 Å². The highest BCUT2D eigenvalue weighted by atomic mass is 32.2. The van der Waals surface area contributed by atoms with Crippen LogP contribution < -0.4 is 10.2 Å². The number of carbonyl (C=O) groups is 1. The van der Waals surface area contributed by atoms with Crippen LogP contribution >= 0.6 is 0 Å².